The first-order chi connectivity index (χ1) is 10.6. The molecule has 3 rings (SSSR count). The Morgan fingerprint density at radius 3 is 2.36 bits per heavy atom. The number of ether oxygens (including phenoxy) is 1. The standard InChI is InChI=1S/C19H27NO2/c1-14-11-15(2)13-16(12-14)19(21)17-5-3-4-6-18(17)20-7-9-22-10-8-20/h3-6,14-16H,7-13H2,1-2H3. The maximum Gasteiger partial charge on any atom is 0.168 e. The molecule has 0 radical (unpaired) electrons. The van der Waals surface area contributed by atoms with Gasteiger partial charge in [0.25, 0.3) is 0 Å². The second kappa shape index (κ2) is 6.82. The summed E-state index contributed by atoms with van der Waals surface area (Å²) in [7, 11) is 0. The minimum atomic E-state index is 0.195. The highest BCUT2D eigenvalue weighted by Gasteiger charge is 2.31. The van der Waals surface area contributed by atoms with E-state index < -0.39 is 0 Å². The van der Waals surface area contributed by atoms with E-state index in [1.807, 2.05) is 18.2 Å². The zero-order chi connectivity index (χ0) is 15.5. The van der Waals surface area contributed by atoms with Gasteiger partial charge in [-0.3, -0.25) is 4.79 Å². The van der Waals surface area contributed by atoms with Crippen LogP contribution in [0, 0.1) is 17.8 Å². The number of anilines is 1. The van der Waals surface area contributed by atoms with Crippen LogP contribution in [0.5, 0.6) is 0 Å². The van der Waals surface area contributed by atoms with Crippen LogP contribution in [0.1, 0.15) is 43.5 Å². The maximum atomic E-state index is 13.1. The molecule has 22 heavy (non-hydrogen) atoms. The molecule has 0 aromatic heterocycles. The first-order valence-corrected chi connectivity index (χ1v) is 8.61. The number of para-hydroxylation sites is 1. The lowest BCUT2D eigenvalue weighted by molar-refractivity contribution is 0.0835. The molecule has 1 aromatic rings. The quantitative estimate of drug-likeness (QED) is 0.796. The fourth-order valence-corrected chi connectivity index (χ4v) is 4.14. The highest BCUT2D eigenvalue weighted by atomic mass is 16.5. The van der Waals surface area contributed by atoms with Crippen molar-refractivity contribution >= 4 is 11.5 Å². The molecule has 2 aliphatic rings. The van der Waals surface area contributed by atoms with E-state index in [4.69, 9.17) is 4.74 Å². The van der Waals surface area contributed by atoms with E-state index in [1.165, 1.54) is 6.42 Å². The van der Waals surface area contributed by atoms with Crippen LogP contribution in [0.2, 0.25) is 0 Å². The lowest BCUT2D eigenvalue weighted by Crippen LogP contribution is -2.37. The zero-order valence-corrected chi connectivity index (χ0v) is 13.8. The fourth-order valence-electron chi connectivity index (χ4n) is 4.14. The van der Waals surface area contributed by atoms with Crippen molar-refractivity contribution in [3.05, 3.63) is 29.8 Å². The summed E-state index contributed by atoms with van der Waals surface area (Å²) in [6, 6.07) is 8.13. The summed E-state index contributed by atoms with van der Waals surface area (Å²) < 4.78 is 5.44. The van der Waals surface area contributed by atoms with Crippen LogP contribution < -0.4 is 4.90 Å². The molecule has 1 saturated carbocycles. The monoisotopic (exact) mass is 301 g/mol. The molecule has 1 aliphatic heterocycles. The molecule has 0 amide bonds. The number of nitrogens with zero attached hydrogens (tertiary/aromatic N) is 1. The first kappa shape index (κ1) is 15.5. The third-order valence-corrected chi connectivity index (χ3v) is 5.07. The number of carbonyl (C=O) groups excluding carboxylic acids is 1. The molecule has 3 nitrogen and oxygen atoms in total. The second-order valence-corrected chi connectivity index (χ2v) is 7.10. The number of carbonyl (C=O) groups is 1. The van der Waals surface area contributed by atoms with Crippen LogP contribution in [0.3, 0.4) is 0 Å². The summed E-state index contributed by atoms with van der Waals surface area (Å²) in [5.41, 5.74) is 2.01. The smallest absolute Gasteiger partial charge is 0.168 e. The minimum Gasteiger partial charge on any atom is -0.378 e. The molecule has 3 heteroatoms. The largest absolute Gasteiger partial charge is 0.378 e. The number of morpholine rings is 1. The number of hydrogen-bond acceptors (Lipinski definition) is 3. The molecular formula is C19H27NO2. The molecular weight excluding hydrogens is 274 g/mol. The Kier molecular flexibility index (Phi) is 4.82. The van der Waals surface area contributed by atoms with E-state index in [-0.39, 0.29) is 5.92 Å². The summed E-state index contributed by atoms with van der Waals surface area (Å²) in [6.45, 7) is 7.82. The molecule has 2 fully saturated rings. The van der Waals surface area contributed by atoms with Crippen molar-refractivity contribution < 1.29 is 9.53 Å². The first-order valence-electron chi connectivity index (χ1n) is 8.61. The van der Waals surface area contributed by atoms with Gasteiger partial charge in [-0.2, -0.15) is 0 Å². The van der Waals surface area contributed by atoms with Gasteiger partial charge in [0.2, 0.25) is 0 Å². The molecule has 2 atom stereocenters. The maximum absolute atomic E-state index is 13.1. The fraction of sp³-hybridized carbons (Fsp3) is 0.632. The number of benzene rings is 1. The van der Waals surface area contributed by atoms with Crippen LogP contribution in [0.4, 0.5) is 5.69 Å². The summed E-state index contributed by atoms with van der Waals surface area (Å²) in [5.74, 6) is 1.86. The number of rotatable bonds is 3. The van der Waals surface area contributed by atoms with Gasteiger partial charge in [0.1, 0.15) is 0 Å². The lowest BCUT2D eigenvalue weighted by Gasteiger charge is -2.33. The Balaban J connectivity index is 1.82. The summed E-state index contributed by atoms with van der Waals surface area (Å²) in [6.07, 6.45) is 3.34. The number of ketones is 1. The van der Waals surface area contributed by atoms with Gasteiger partial charge >= 0.3 is 0 Å². The molecule has 0 spiro atoms. The van der Waals surface area contributed by atoms with Crippen LogP contribution in [-0.2, 0) is 4.74 Å². The Morgan fingerprint density at radius 1 is 1.05 bits per heavy atom. The number of hydrogen-bond donors (Lipinski definition) is 0. The molecule has 2 unspecified atom stereocenters. The zero-order valence-electron chi connectivity index (χ0n) is 13.8. The molecule has 0 bridgehead atoms. The molecule has 1 saturated heterocycles. The summed E-state index contributed by atoms with van der Waals surface area (Å²) in [5, 5.41) is 0. The topological polar surface area (TPSA) is 29.5 Å². The van der Waals surface area contributed by atoms with Crippen LogP contribution in [-0.4, -0.2) is 32.1 Å². The van der Waals surface area contributed by atoms with Crippen LogP contribution in [0.25, 0.3) is 0 Å². The van der Waals surface area contributed by atoms with Gasteiger partial charge < -0.3 is 9.64 Å². The molecule has 1 aliphatic carbocycles. The van der Waals surface area contributed by atoms with Crippen molar-refractivity contribution in [2.45, 2.75) is 33.1 Å². The molecule has 0 N–H and O–H groups in total. The van der Waals surface area contributed by atoms with Gasteiger partial charge in [-0.05, 0) is 43.2 Å². The Morgan fingerprint density at radius 2 is 1.68 bits per heavy atom. The minimum absolute atomic E-state index is 0.195. The second-order valence-electron chi connectivity index (χ2n) is 7.10. The molecule has 120 valence electrons. The SMILES string of the molecule is CC1CC(C)CC(C(=O)c2ccccc2N2CCOCC2)C1. The van der Waals surface area contributed by atoms with Gasteiger partial charge in [-0.15, -0.1) is 0 Å². The van der Waals surface area contributed by atoms with Crippen LogP contribution >= 0.6 is 0 Å². The third-order valence-electron chi connectivity index (χ3n) is 5.07. The predicted octanol–water partition coefficient (Wildman–Crippen LogP) is 3.78. The summed E-state index contributed by atoms with van der Waals surface area (Å²) in [4.78, 5) is 15.4. The van der Waals surface area contributed by atoms with Gasteiger partial charge in [-0.25, -0.2) is 0 Å². The Bertz CT molecular complexity index is 512. The van der Waals surface area contributed by atoms with Crippen molar-refractivity contribution in [1.82, 2.24) is 0 Å². The van der Waals surface area contributed by atoms with E-state index in [0.717, 1.165) is 50.4 Å². The van der Waals surface area contributed by atoms with Gasteiger partial charge in [-0.1, -0.05) is 26.0 Å². The van der Waals surface area contributed by atoms with E-state index in [9.17, 15) is 4.79 Å². The van der Waals surface area contributed by atoms with E-state index in [1.54, 1.807) is 0 Å². The molecule has 1 aromatic carbocycles. The third kappa shape index (κ3) is 3.35. The van der Waals surface area contributed by atoms with E-state index in [0.29, 0.717) is 17.6 Å². The Hall–Kier alpha value is -1.35. The average molecular weight is 301 g/mol. The average Bonchev–Trinajstić information content (AvgIpc) is 2.54. The highest BCUT2D eigenvalue weighted by molar-refractivity contribution is 6.03. The van der Waals surface area contributed by atoms with Crippen molar-refractivity contribution in [3.63, 3.8) is 0 Å². The van der Waals surface area contributed by atoms with Crippen molar-refractivity contribution in [2.75, 3.05) is 31.2 Å². The van der Waals surface area contributed by atoms with E-state index in [2.05, 4.69) is 24.8 Å². The lowest BCUT2D eigenvalue weighted by atomic mass is 9.74. The van der Waals surface area contributed by atoms with E-state index >= 15 is 0 Å². The van der Waals surface area contributed by atoms with Gasteiger partial charge in [0, 0.05) is 30.3 Å². The molecule has 1 heterocycles. The predicted molar refractivity (Wildman–Crippen MR) is 89.5 cm³/mol. The van der Waals surface area contributed by atoms with Crippen molar-refractivity contribution in [1.29, 1.82) is 0 Å². The normalized spacial score (nSPS) is 29.4. The Labute approximate surface area is 133 Å². The van der Waals surface area contributed by atoms with Gasteiger partial charge in [0.05, 0.1) is 13.2 Å². The van der Waals surface area contributed by atoms with Crippen LogP contribution in [0.15, 0.2) is 24.3 Å². The van der Waals surface area contributed by atoms with Crippen molar-refractivity contribution in [2.24, 2.45) is 17.8 Å². The van der Waals surface area contributed by atoms with Gasteiger partial charge in [0.15, 0.2) is 5.78 Å². The summed E-state index contributed by atoms with van der Waals surface area (Å²) >= 11 is 0. The highest BCUT2D eigenvalue weighted by Crippen LogP contribution is 2.36. The van der Waals surface area contributed by atoms with Crippen molar-refractivity contribution in [3.8, 4) is 0 Å². The number of Topliss-reactive ketones (excluding diaryl/α,β-unsaturated/α-hetero) is 1.